The Morgan fingerprint density at radius 3 is 2.41 bits per heavy atom. The zero-order chi connectivity index (χ0) is 19.8. The van der Waals surface area contributed by atoms with Gasteiger partial charge in [-0.2, -0.15) is 0 Å². The summed E-state index contributed by atoms with van der Waals surface area (Å²) < 4.78 is 28.4. The summed E-state index contributed by atoms with van der Waals surface area (Å²) in [5.74, 6) is 0.799. The van der Waals surface area contributed by atoms with Crippen LogP contribution in [-0.4, -0.2) is 47.4 Å². The molecule has 1 aliphatic rings. The molecule has 7 heteroatoms. The van der Waals surface area contributed by atoms with Crippen molar-refractivity contribution in [3.63, 3.8) is 0 Å². The lowest BCUT2D eigenvalue weighted by atomic mass is 9.83. The number of aliphatic imine (C=N–C) groups is 1. The second kappa shape index (κ2) is 10.1. The molecular weight excluding hydrogens is 362 g/mol. The lowest BCUT2D eigenvalue weighted by molar-refractivity contribution is 0.138. The Hall–Kier alpha value is -1.60. The van der Waals surface area contributed by atoms with E-state index in [2.05, 4.69) is 15.6 Å². The van der Waals surface area contributed by atoms with Crippen LogP contribution in [0.25, 0.3) is 0 Å². The highest BCUT2D eigenvalue weighted by Crippen LogP contribution is 2.40. The van der Waals surface area contributed by atoms with E-state index in [1.807, 2.05) is 19.1 Å². The van der Waals surface area contributed by atoms with E-state index in [0.29, 0.717) is 16.9 Å². The molecular formula is C20H33N3O3S. The molecule has 6 nitrogen and oxygen atoms in total. The van der Waals surface area contributed by atoms with Gasteiger partial charge < -0.3 is 15.4 Å². The molecule has 0 unspecified atom stereocenters. The fourth-order valence-electron chi connectivity index (χ4n) is 3.58. The quantitative estimate of drug-likeness (QED) is 0.496. The number of benzene rings is 1. The summed E-state index contributed by atoms with van der Waals surface area (Å²) >= 11 is 0. The third-order valence-electron chi connectivity index (χ3n) is 5.25. The predicted octanol–water partition coefficient (Wildman–Crippen LogP) is 2.74. The molecule has 1 saturated carbocycles. The highest BCUT2D eigenvalue weighted by molar-refractivity contribution is 7.90. The topological polar surface area (TPSA) is 79.8 Å². The Kier molecular flexibility index (Phi) is 8.10. The largest absolute Gasteiger partial charge is 0.385 e. The SMILES string of the molecule is CCNC(=NCc1ccc(S(C)(=O)=O)cc1)NCC1(CCOC)CCCC1. The van der Waals surface area contributed by atoms with Gasteiger partial charge in [0.25, 0.3) is 0 Å². The normalized spacial score (nSPS) is 17.1. The molecule has 0 amide bonds. The molecule has 152 valence electrons. The molecule has 1 fully saturated rings. The van der Waals surface area contributed by atoms with E-state index < -0.39 is 9.84 Å². The maximum absolute atomic E-state index is 11.6. The number of rotatable bonds is 9. The van der Waals surface area contributed by atoms with E-state index in [4.69, 9.17) is 4.74 Å². The second-order valence-corrected chi connectivity index (χ2v) is 9.43. The smallest absolute Gasteiger partial charge is 0.191 e. The van der Waals surface area contributed by atoms with Gasteiger partial charge in [0, 0.05) is 33.1 Å². The van der Waals surface area contributed by atoms with Crippen molar-refractivity contribution in [1.82, 2.24) is 10.6 Å². The van der Waals surface area contributed by atoms with Gasteiger partial charge in [-0.3, -0.25) is 0 Å². The van der Waals surface area contributed by atoms with Crippen LogP contribution in [0.15, 0.2) is 34.2 Å². The fraction of sp³-hybridized carbons (Fsp3) is 0.650. The molecule has 0 bridgehead atoms. The maximum Gasteiger partial charge on any atom is 0.191 e. The number of hydrogen-bond acceptors (Lipinski definition) is 4. The second-order valence-electron chi connectivity index (χ2n) is 7.41. The van der Waals surface area contributed by atoms with Gasteiger partial charge in [0.15, 0.2) is 15.8 Å². The first kappa shape index (κ1) is 21.7. The van der Waals surface area contributed by atoms with E-state index >= 15 is 0 Å². The number of nitrogens with one attached hydrogen (secondary N) is 2. The molecule has 1 aliphatic carbocycles. The Bertz CT molecular complexity index is 708. The van der Waals surface area contributed by atoms with Crippen molar-refractivity contribution in [3.8, 4) is 0 Å². The van der Waals surface area contributed by atoms with Crippen LogP contribution in [0.4, 0.5) is 0 Å². The molecule has 0 heterocycles. The van der Waals surface area contributed by atoms with Crippen LogP contribution >= 0.6 is 0 Å². The van der Waals surface area contributed by atoms with Crippen molar-refractivity contribution in [3.05, 3.63) is 29.8 Å². The third-order valence-corrected chi connectivity index (χ3v) is 6.38. The lowest BCUT2D eigenvalue weighted by Gasteiger charge is -2.30. The standard InChI is InChI=1S/C20H33N3O3S/c1-4-21-19(23-16-20(13-14-26-2)11-5-6-12-20)22-15-17-7-9-18(10-8-17)27(3,24)25/h7-10H,4-6,11-16H2,1-3H3,(H2,21,22,23). The van der Waals surface area contributed by atoms with E-state index in [-0.39, 0.29) is 0 Å². The van der Waals surface area contributed by atoms with Crippen LogP contribution in [0, 0.1) is 5.41 Å². The Morgan fingerprint density at radius 2 is 1.85 bits per heavy atom. The van der Waals surface area contributed by atoms with Crippen molar-refractivity contribution >= 4 is 15.8 Å². The van der Waals surface area contributed by atoms with Crippen LogP contribution in [0.1, 0.15) is 44.6 Å². The molecule has 0 atom stereocenters. The first-order chi connectivity index (χ1) is 12.9. The highest BCUT2D eigenvalue weighted by Gasteiger charge is 2.33. The molecule has 2 N–H and O–H groups in total. The van der Waals surface area contributed by atoms with Crippen LogP contribution in [0.3, 0.4) is 0 Å². The molecule has 0 spiro atoms. The van der Waals surface area contributed by atoms with Gasteiger partial charge in [-0.1, -0.05) is 25.0 Å². The van der Waals surface area contributed by atoms with Gasteiger partial charge in [-0.25, -0.2) is 13.4 Å². The van der Waals surface area contributed by atoms with E-state index in [9.17, 15) is 8.42 Å². The summed E-state index contributed by atoms with van der Waals surface area (Å²) in [6.45, 7) is 5.04. The van der Waals surface area contributed by atoms with Gasteiger partial charge in [0.2, 0.25) is 0 Å². The van der Waals surface area contributed by atoms with Gasteiger partial charge in [0.1, 0.15) is 0 Å². The van der Waals surface area contributed by atoms with Crippen LogP contribution < -0.4 is 10.6 Å². The first-order valence-electron chi connectivity index (χ1n) is 9.69. The van der Waals surface area contributed by atoms with Crippen molar-refractivity contribution in [2.75, 3.05) is 33.1 Å². The Balaban J connectivity index is 1.99. The molecule has 2 rings (SSSR count). The molecule has 1 aromatic rings. The Labute approximate surface area is 163 Å². The average molecular weight is 396 g/mol. The van der Waals surface area contributed by atoms with Crippen LogP contribution in [0.2, 0.25) is 0 Å². The number of hydrogen-bond donors (Lipinski definition) is 2. The maximum atomic E-state index is 11.6. The monoisotopic (exact) mass is 395 g/mol. The zero-order valence-electron chi connectivity index (χ0n) is 16.8. The molecule has 0 aromatic heterocycles. The van der Waals surface area contributed by atoms with Gasteiger partial charge >= 0.3 is 0 Å². The summed E-state index contributed by atoms with van der Waals surface area (Å²) in [4.78, 5) is 5.00. The molecule has 0 saturated heterocycles. The first-order valence-corrected chi connectivity index (χ1v) is 11.6. The van der Waals surface area contributed by atoms with Crippen LogP contribution in [-0.2, 0) is 21.1 Å². The summed E-state index contributed by atoms with van der Waals surface area (Å²) in [5, 5.41) is 6.80. The number of ether oxygens (including phenoxy) is 1. The zero-order valence-corrected chi connectivity index (χ0v) is 17.6. The minimum Gasteiger partial charge on any atom is -0.385 e. The number of guanidine groups is 1. The molecule has 1 aromatic carbocycles. The summed E-state index contributed by atoms with van der Waals surface area (Å²) in [6, 6.07) is 6.92. The molecule has 0 aliphatic heterocycles. The number of methoxy groups -OCH3 is 1. The van der Waals surface area contributed by atoms with E-state index in [1.54, 1.807) is 19.2 Å². The fourth-order valence-corrected chi connectivity index (χ4v) is 4.21. The number of sulfone groups is 1. The van der Waals surface area contributed by atoms with Crippen LogP contribution in [0.5, 0.6) is 0 Å². The summed E-state index contributed by atoms with van der Waals surface area (Å²) in [7, 11) is -1.40. The minimum absolute atomic E-state index is 0.295. The summed E-state index contributed by atoms with van der Waals surface area (Å²) in [6.07, 6.45) is 7.32. The predicted molar refractivity (Wildman–Crippen MR) is 110 cm³/mol. The molecule has 0 radical (unpaired) electrons. The van der Waals surface area contributed by atoms with Gasteiger partial charge in [-0.05, 0) is 49.3 Å². The Morgan fingerprint density at radius 1 is 1.19 bits per heavy atom. The van der Waals surface area contributed by atoms with E-state index in [0.717, 1.165) is 37.6 Å². The van der Waals surface area contributed by atoms with Gasteiger partial charge in [0.05, 0.1) is 11.4 Å². The summed E-state index contributed by atoms with van der Waals surface area (Å²) in [5.41, 5.74) is 1.28. The van der Waals surface area contributed by atoms with E-state index in [1.165, 1.54) is 31.9 Å². The number of nitrogens with zero attached hydrogens (tertiary/aromatic N) is 1. The van der Waals surface area contributed by atoms with Crippen molar-refractivity contribution in [1.29, 1.82) is 0 Å². The average Bonchev–Trinajstić information content (AvgIpc) is 3.11. The third kappa shape index (κ3) is 6.81. The minimum atomic E-state index is -3.16. The van der Waals surface area contributed by atoms with Crippen molar-refractivity contribution in [2.24, 2.45) is 10.4 Å². The van der Waals surface area contributed by atoms with Crippen molar-refractivity contribution < 1.29 is 13.2 Å². The lowest BCUT2D eigenvalue weighted by Crippen LogP contribution is -2.43. The highest BCUT2D eigenvalue weighted by atomic mass is 32.2. The van der Waals surface area contributed by atoms with Gasteiger partial charge in [-0.15, -0.1) is 0 Å². The van der Waals surface area contributed by atoms with Crippen molar-refractivity contribution in [2.45, 2.75) is 50.5 Å². The molecule has 27 heavy (non-hydrogen) atoms.